The molecule has 0 spiro atoms. The van der Waals surface area contributed by atoms with Crippen LogP contribution in [0.2, 0.25) is 0 Å². The zero-order chi connectivity index (χ0) is 19.5. The number of ether oxygens (including phenoxy) is 1. The van der Waals surface area contributed by atoms with Crippen molar-refractivity contribution in [3.8, 4) is 0 Å². The van der Waals surface area contributed by atoms with Crippen LogP contribution < -0.4 is 5.56 Å². The van der Waals surface area contributed by atoms with Gasteiger partial charge in [0.1, 0.15) is 18.3 Å². The average molecular weight is 374 g/mol. The fraction of sp³-hybridized carbons (Fsp3) is 0.136. The monoisotopic (exact) mass is 374 g/mol. The molecule has 0 saturated heterocycles. The van der Waals surface area contributed by atoms with E-state index in [1.807, 2.05) is 60.7 Å². The van der Waals surface area contributed by atoms with Crippen LogP contribution in [-0.2, 0) is 16.1 Å². The van der Waals surface area contributed by atoms with Crippen LogP contribution in [0.5, 0.6) is 0 Å². The van der Waals surface area contributed by atoms with E-state index in [9.17, 15) is 9.59 Å². The van der Waals surface area contributed by atoms with Gasteiger partial charge >= 0.3 is 5.97 Å². The quantitative estimate of drug-likeness (QED) is 0.500. The number of esters is 1. The third-order valence-electron chi connectivity index (χ3n) is 4.39. The van der Waals surface area contributed by atoms with E-state index < -0.39 is 11.9 Å². The van der Waals surface area contributed by atoms with Crippen molar-refractivity contribution in [1.29, 1.82) is 0 Å². The Labute approximate surface area is 161 Å². The summed E-state index contributed by atoms with van der Waals surface area (Å²) in [5.74, 6) is -0.377. The first-order chi connectivity index (χ1) is 13.6. The summed E-state index contributed by atoms with van der Waals surface area (Å²) in [6.07, 6.45) is 0. The van der Waals surface area contributed by atoms with Crippen molar-refractivity contribution in [3.05, 3.63) is 106 Å². The summed E-state index contributed by atoms with van der Waals surface area (Å²) in [5.41, 5.74) is 2.09. The summed E-state index contributed by atoms with van der Waals surface area (Å²) >= 11 is 0. The highest BCUT2D eigenvalue weighted by Gasteiger charge is 2.24. The number of carbonyl (C=O) groups is 1. The molecule has 28 heavy (non-hydrogen) atoms. The van der Waals surface area contributed by atoms with Crippen molar-refractivity contribution in [2.24, 2.45) is 0 Å². The van der Waals surface area contributed by atoms with Gasteiger partial charge in [-0.15, -0.1) is 4.57 Å². The first-order valence-corrected chi connectivity index (χ1v) is 8.88. The normalized spacial score (nSPS) is 11.1. The first kappa shape index (κ1) is 17.7. The molecule has 0 fully saturated rings. The second kappa shape index (κ2) is 7.52. The van der Waals surface area contributed by atoms with Crippen LogP contribution >= 0.6 is 0 Å². The molecule has 0 aliphatic rings. The Balaban J connectivity index is 1.59. The van der Waals surface area contributed by atoms with E-state index in [1.165, 1.54) is 6.07 Å². The maximum atomic E-state index is 12.9. The molecule has 0 amide bonds. The van der Waals surface area contributed by atoms with Crippen molar-refractivity contribution in [2.75, 3.05) is 0 Å². The van der Waals surface area contributed by atoms with Gasteiger partial charge in [0, 0.05) is 12.1 Å². The van der Waals surface area contributed by atoms with E-state index in [2.05, 4.69) is 4.98 Å². The summed E-state index contributed by atoms with van der Waals surface area (Å²) < 4.78 is 11.9. The minimum Gasteiger partial charge on any atom is -0.458 e. The number of fused-ring (bicyclic) bond motifs is 1. The highest BCUT2D eigenvalue weighted by atomic mass is 16.5. The molecule has 0 N–H and O–H groups in total. The predicted octanol–water partition coefficient (Wildman–Crippen LogP) is 3.47. The van der Waals surface area contributed by atoms with Crippen LogP contribution in [0.15, 0.2) is 82.1 Å². The van der Waals surface area contributed by atoms with Crippen molar-refractivity contribution < 1.29 is 14.1 Å². The SMILES string of the molecule is Cc1cc2nc(COC(=O)C(c3ccccc3)c3ccccc3)cc(=O)n2o1. The fourth-order valence-corrected chi connectivity index (χ4v) is 3.13. The number of benzene rings is 2. The van der Waals surface area contributed by atoms with E-state index in [1.54, 1.807) is 13.0 Å². The van der Waals surface area contributed by atoms with Gasteiger partial charge in [0.25, 0.3) is 5.56 Å². The van der Waals surface area contributed by atoms with Gasteiger partial charge in [-0.2, -0.15) is 0 Å². The Morgan fingerprint density at radius 3 is 2.25 bits per heavy atom. The molecule has 0 radical (unpaired) electrons. The lowest BCUT2D eigenvalue weighted by Gasteiger charge is -2.17. The second-order valence-corrected chi connectivity index (χ2v) is 6.45. The number of hydrogen-bond acceptors (Lipinski definition) is 5. The van der Waals surface area contributed by atoms with Crippen LogP contribution in [-0.4, -0.2) is 15.5 Å². The maximum Gasteiger partial charge on any atom is 0.318 e. The van der Waals surface area contributed by atoms with E-state index in [4.69, 9.17) is 9.26 Å². The molecule has 0 bridgehead atoms. The molecule has 4 rings (SSSR count). The molecule has 6 nitrogen and oxygen atoms in total. The van der Waals surface area contributed by atoms with Crippen LogP contribution in [0.4, 0.5) is 0 Å². The second-order valence-electron chi connectivity index (χ2n) is 6.45. The minimum absolute atomic E-state index is 0.0923. The van der Waals surface area contributed by atoms with Crippen molar-refractivity contribution in [3.63, 3.8) is 0 Å². The number of aromatic nitrogens is 2. The third-order valence-corrected chi connectivity index (χ3v) is 4.39. The lowest BCUT2D eigenvalue weighted by atomic mass is 9.91. The molecule has 6 heteroatoms. The van der Waals surface area contributed by atoms with E-state index in [-0.39, 0.29) is 12.2 Å². The smallest absolute Gasteiger partial charge is 0.318 e. The van der Waals surface area contributed by atoms with Crippen LogP contribution in [0.1, 0.15) is 28.5 Å². The summed E-state index contributed by atoms with van der Waals surface area (Å²) in [6, 6.07) is 21.9. The first-order valence-electron chi connectivity index (χ1n) is 8.88. The molecular formula is C22H18N2O4. The summed E-state index contributed by atoms with van der Waals surface area (Å²) in [5, 5.41) is 0. The van der Waals surface area contributed by atoms with E-state index in [0.717, 1.165) is 15.7 Å². The van der Waals surface area contributed by atoms with Crippen LogP contribution in [0.25, 0.3) is 5.65 Å². The number of carbonyl (C=O) groups excluding carboxylic acids is 1. The minimum atomic E-state index is -0.552. The Morgan fingerprint density at radius 1 is 1.04 bits per heavy atom. The lowest BCUT2D eigenvalue weighted by molar-refractivity contribution is -0.145. The van der Waals surface area contributed by atoms with Gasteiger partial charge in [-0.3, -0.25) is 9.59 Å². The van der Waals surface area contributed by atoms with Crippen molar-refractivity contribution in [1.82, 2.24) is 9.56 Å². The summed E-state index contributed by atoms with van der Waals surface area (Å²) in [4.78, 5) is 29.4. The van der Waals surface area contributed by atoms with Gasteiger partial charge in [0.15, 0.2) is 5.65 Å². The fourth-order valence-electron chi connectivity index (χ4n) is 3.13. The van der Waals surface area contributed by atoms with Crippen LogP contribution in [0, 0.1) is 6.92 Å². The van der Waals surface area contributed by atoms with Gasteiger partial charge < -0.3 is 9.26 Å². The van der Waals surface area contributed by atoms with Gasteiger partial charge in [-0.25, -0.2) is 4.98 Å². The Bertz CT molecular complexity index is 1120. The molecule has 2 heterocycles. The van der Waals surface area contributed by atoms with Crippen molar-refractivity contribution >= 4 is 11.6 Å². The number of hydrogen-bond donors (Lipinski definition) is 0. The summed E-state index contributed by atoms with van der Waals surface area (Å²) in [7, 11) is 0. The van der Waals surface area contributed by atoms with E-state index in [0.29, 0.717) is 17.1 Å². The Morgan fingerprint density at radius 2 is 1.64 bits per heavy atom. The molecule has 0 atom stereocenters. The molecule has 2 aromatic heterocycles. The van der Waals surface area contributed by atoms with Gasteiger partial charge in [0.2, 0.25) is 0 Å². The molecule has 2 aromatic carbocycles. The summed E-state index contributed by atoms with van der Waals surface area (Å²) in [6.45, 7) is 1.64. The van der Waals surface area contributed by atoms with Gasteiger partial charge in [-0.1, -0.05) is 60.7 Å². The molecular weight excluding hydrogens is 356 g/mol. The Kier molecular flexibility index (Phi) is 4.76. The lowest BCUT2D eigenvalue weighted by Crippen LogP contribution is -2.19. The number of aryl methyl sites for hydroxylation is 1. The highest BCUT2D eigenvalue weighted by Crippen LogP contribution is 2.26. The topological polar surface area (TPSA) is 73.8 Å². The van der Waals surface area contributed by atoms with Crippen LogP contribution in [0.3, 0.4) is 0 Å². The zero-order valence-electron chi connectivity index (χ0n) is 15.2. The van der Waals surface area contributed by atoms with Crippen molar-refractivity contribution in [2.45, 2.75) is 19.4 Å². The predicted molar refractivity (Wildman–Crippen MR) is 103 cm³/mol. The molecule has 140 valence electrons. The highest BCUT2D eigenvalue weighted by molar-refractivity contribution is 5.82. The number of rotatable bonds is 5. The molecule has 0 unspecified atom stereocenters. The zero-order valence-corrected chi connectivity index (χ0v) is 15.2. The van der Waals surface area contributed by atoms with Gasteiger partial charge in [-0.05, 0) is 18.1 Å². The Hall–Kier alpha value is -3.67. The maximum absolute atomic E-state index is 12.9. The molecule has 0 saturated carbocycles. The molecule has 0 aliphatic heterocycles. The average Bonchev–Trinajstić information content (AvgIpc) is 3.09. The standard InChI is InChI=1S/C22H18N2O4/c1-15-12-19-23-18(13-20(25)24(19)28-15)14-27-22(26)21(16-8-4-2-5-9-16)17-10-6-3-7-11-17/h2-13,21H,14H2,1H3. The van der Waals surface area contributed by atoms with Gasteiger partial charge in [0.05, 0.1) is 5.69 Å². The number of nitrogens with zero attached hydrogens (tertiary/aromatic N) is 2. The van der Waals surface area contributed by atoms with E-state index >= 15 is 0 Å². The molecule has 0 aliphatic carbocycles. The molecule has 4 aromatic rings. The third kappa shape index (κ3) is 3.57. The largest absolute Gasteiger partial charge is 0.458 e.